The normalized spacial score (nSPS) is 14.4. The first kappa shape index (κ1) is 18.3. The molecule has 1 aliphatic rings. The van der Waals surface area contributed by atoms with Crippen LogP contribution in [-0.2, 0) is 11.2 Å². The summed E-state index contributed by atoms with van der Waals surface area (Å²) in [4.78, 5) is 21.7. The van der Waals surface area contributed by atoms with Crippen LogP contribution in [0.3, 0.4) is 0 Å². The van der Waals surface area contributed by atoms with Crippen molar-refractivity contribution >= 4 is 44.5 Å². The van der Waals surface area contributed by atoms with E-state index in [-0.39, 0.29) is 5.91 Å². The van der Waals surface area contributed by atoms with Crippen molar-refractivity contribution in [1.82, 2.24) is 14.6 Å². The van der Waals surface area contributed by atoms with E-state index < -0.39 is 0 Å². The molecule has 0 atom stereocenters. The number of carbonyl (C=O) groups is 1. The lowest BCUT2D eigenvalue weighted by Gasteiger charge is -2.25. The van der Waals surface area contributed by atoms with E-state index in [9.17, 15) is 4.79 Å². The monoisotopic (exact) mass is 423 g/mol. The molecular formula is C21H21N5OS2. The maximum absolute atomic E-state index is 12.7. The first-order valence-electron chi connectivity index (χ1n) is 9.80. The molecule has 1 amide bonds. The number of carbonyl (C=O) groups excluding carboxylic acids is 1. The van der Waals surface area contributed by atoms with Gasteiger partial charge >= 0.3 is 0 Å². The third kappa shape index (κ3) is 3.77. The fraction of sp³-hybridized carbons (Fsp3) is 0.286. The van der Waals surface area contributed by atoms with Crippen LogP contribution in [0.15, 0.2) is 47.8 Å². The Hall–Kier alpha value is -2.71. The van der Waals surface area contributed by atoms with Crippen LogP contribution in [0.4, 0.5) is 10.9 Å². The highest BCUT2D eigenvalue weighted by molar-refractivity contribution is 7.20. The lowest BCUT2D eigenvalue weighted by atomic mass is 10.1. The lowest BCUT2D eigenvalue weighted by molar-refractivity contribution is -0.115. The highest BCUT2D eigenvalue weighted by atomic mass is 32.1. The number of anilines is 2. The van der Waals surface area contributed by atoms with Gasteiger partial charge < -0.3 is 10.2 Å². The van der Waals surface area contributed by atoms with Gasteiger partial charge in [-0.25, -0.2) is 4.98 Å². The summed E-state index contributed by atoms with van der Waals surface area (Å²) in [5.41, 5.74) is 1.73. The Balaban J connectivity index is 1.51. The number of piperidine rings is 1. The van der Waals surface area contributed by atoms with Gasteiger partial charge in [-0.15, -0.1) is 16.4 Å². The van der Waals surface area contributed by atoms with Crippen LogP contribution in [0.25, 0.3) is 16.2 Å². The SMILES string of the molecule is O=C(Cc1cccs1)Nc1c(-c2ccccc2)nc2sc(N3CCCCC3)nn12. The largest absolute Gasteiger partial charge is 0.347 e. The Morgan fingerprint density at radius 1 is 1.07 bits per heavy atom. The third-order valence-corrected chi connectivity index (χ3v) is 6.88. The molecule has 4 heterocycles. The van der Waals surface area contributed by atoms with Crippen molar-refractivity contribution in [2.75, 3.05) is 23.3 Å². The van der Waals surface area contributed by atoms with E-state index >= 15 is 0 Å². The molecule has 1 saturated heterocycles. The van der Waals surface area contributed by atoms with Crippen molar-refractivity contribution in [2.45, 2.75) is 25.7 Å². The maximum Gasteiger partial charge on any atom is 0.230 e. The van der Waals surface area contributed by atoms with E-state index in [0.29, 0.717) is 12.2 Å². The first-order valence-corrected chi connectivity index (χ1v) is 11.5. The number of hydrogen-bond donors (Lipinski definition) is 1. The summed E-state index contributed by atoms with van der Waals surface area (Å²) in [5.74, 6) is 0.589. The quantitative estimate of drug-likeness (QED) is 0.506. The number of fused-ring (bicyclic) bond motifs is 1. The standard InChI is InChI=1S/C21H21N5OS2/c27-17(14-16-10-7-13-28-16)22-19-18(15-8-3-1-4-9-15)23-20-26(19)24-21(29-20)25-11-5-2-6-12-25/h1,3-4,7-10,13H,2,5-6,11-12,14H2,(H,22,27). The number of aromatic nitrogens is 3. The molecule has 4 aromatic rings. The molecule has 29 heavy (non-hydrogen) atoms. The molecule has 1 aromatic carbocycles. The molecule has 1 N–H and O–H groups in total. The van der Waals surface area contributed by atoms with Crippen LogP contribution in [0.5, 0.6) is 0 Å². The summed E-state index contributed by atoms with van der Waals surface area (Å²) < 4.78 is 1.79. The van der Waals surface area contributed by atoms with E-state index in [4.69, 9.17) is 10.1 Å². The number of imidazole rings is 1. The molecular weight excluding hydrogens is 402 g/mol. The number of thiophene rings is 1. The van der Waals surface area contributed by atoms with Crippen molar-refractivity contribution in [3.63, 3.8) is 0 Å². The van der Waals surface area contributed by atoms with Crippen molar-refractivity contribution in [1.29, 1.82) is 0 Å². The molecule has 148 valence electrons. The number of benzene rings is 1. The van der Waals surface area contributed by atoms with Crippen LogP contribution in [0.1, 0.15) is 24.1 Å². The van der Waals surface area contributed by atoms with E-state index in [1.54, 1.807) is 27.2 Å². The molecule has 0 unspecified atom stereocenters. The van der Waals surface area contributed by atoms with Crippen LogP contribution >= 0.6 is 22.7 Å². The van der Waals surface area contributed by atoms with Gasteiger partial charge in [-0.05, 0) is 30.7 Å². The zero-order valence-electron chi connectivity index (χ0n) is 15.9. The number of nitrogens with one attached hydrogen (secondary N) is 1. The lowest BCUT2D eigenvalue weighted by Crippen LogP contribution is -2.29. The summed E-state index contributed by atoms with van der Waals surface area (Å²) in [5, 5.41) is 10.9. The molecule has 5 rings (SSSR count). The van der Waals surface area contributed by atoms with Crippen molar-refractivity contribution < 1.29 is 4.79 Å². The molecule has 0 saturated carbocycles. The summed E-state index contributed by atoms with van der Waals surface area (Å²) >= 11 is 3.17. The fourth-order valence-electron chi connectivity index (χ4n) is 3.61. The molecule has 1 fully saturated rings. The molecule has 0 radical (unpaired) electrons. The highest BCUT2D eigenvalue weighted by Gasteiger charge is 2.22. The summed E-state index contributed by atoms with van der Waals surface area (Å²) in [7, 11) is 0. The molecule has 0 aliphatic carbocycles. The molecule has 8 heteroatoms. The summed E-state index contributed by atoms with van der Waals surface area (Å²) in [6, 6.07) is 13.9. The number of hydrogen-bond acceptors (Lipinski definition) is 6. The van der Waals surface area contributed by atoms with Crippen LogP contribution in [0.2, 0.25) is 0 Å². The van der Waals surface area contributed by atoms with Gasteiger partial charge in [0.1, 0.15) is 5.69 Å². The molecule has 0 spiro atoms. The Morgan fingerprint density at radius 2 is 1.90 bits per heavy atom. The minimum atomic E-state index is -0.0565. The smallest absolute Gasteiger partial charge is 0.230 e. The first-order chi connectivity index (χ1) is 14.3. The highest BCUT2D eigenvalue weighted by Crippen LogP contribution is 2.34. The molecule has 0 bridgehead atoms. The number of amides is 1. The van der Waals surface area contributed by atoms with Crippen LogP contribution in [-0.4, -0.2) is 33.6 Å². The predicted octanol–water partition coefficient (Wildman–Crippen LogP) is 4.69. The van der Waals surface area contributed by atoms with E-state index in [0.717, 1.165) is 39.3 Å². The van der Waals surface area contributed by atoms with Gasteiger partial charge in [-0.2, -0.15) is 4.52 Å². The molecule has 6 nitrogen and oxygen atoms in total. The van der Waals surface area contributed by atoms with E-state index in [2.05, 4.69) is 10.2 Å². The predicted molar refractivity (Wildman–Crippen MR) is 119 cm³/mol. The van der Waals surface area contributed by atoms with Gasteiger partial charge in [0.2, 0.25) is 16.0 Å². The van der Waals surface area contributed by atoms with Gasteiger partial charge in [-0.3, -0.25) is 4.79 Å². The summed E-state index contributed by atoms with van der Waals surface area (Å²) in [6.07, 6.45) is 4.02. The zero-order chi connectivity index (χ0) is 19.6. The number of rotatable bonds is 5. The molecule has 3 aromatic heterocycles. The average Bonchev–Trinajstić information content (AvgIpc) is 3.47. The Morgan fingerprint density at radius 3 is 2.66 bits per heavy atom. The van der Waals surface area contributed by atoms with Gasteiger partial charge in [0.05, 0.1) is 6.42 Å². The van der Waals surface area contributed by atoms with Crippen LogP contribution in [0, 0.1) is 0 Å². The minimum Gasteiger partial charge on any atom is -0.347 e. The Bertz CT molecular complexity index is 1110. The van der Waals surface area contributed by atoms with Crippen molar-refractivity contribution in [2.24, 2.45) is 0 Å². The van der Waals surface area contributed by atoms with E-state index in [1.807, 2.05) is 47.8 Å². The average molecular weight is 424 g/mol. The topological polar surface area (TPSA) is 62.5 Å². The second kappa shape index (κ2) is 7.96. The van der Waals surface area contributed by atoms with Crippen LogP contribution < -0.4 is 10.2 Å². The molecule has 1 aliphatic heterocycles. The van der Waals surface area contributed by atoms with Crippen molar-refractivity contribution in [3.8, 4) is 11.3 Å². The van der Waals surface area contributed by atoms with Gasteiger partial charge in [0, 0.05) is 23.5 Å². The minimum absolute atomic E-state index is 0.0565. The Kier molecular flexibility index (Phi) is 5.03. The third-order valence-electron chi connectivity index (χ3n) is 5.04. The zero-order valence-corrected chi connectivity index (χ0v) is 17.5. The van der Waals surface area contributed by atoms with Gasteiger partial charge in [0.25, 0.3) is 0 Å². The second-order valence-corrected chi connectivity index (χ2v) is 9.07. The maximum atomic E-state index is 12.7. The fourth-order valence-corrected chi connectivity index (χ4v) is 5.26. The van der Waals surface area contributed by atoms with E-state index in [1.165, 1.54) is 19.3 Å². The van der Waals surface area contributed by atoms with Gasteiger partial charge in [0.15, 0.2) is 5.82 Å². The number of nitrogens with zero attached hydrogens (tertiary/aromatic N) is 4. The summed E-state index contributed by atoms with van der Waals surface area (Å²) in [6.45, 7) is 2.06. The Labute approximate surface area is 176 Å². The van der Waals surface area contributed by atoms with Gasteiger partial charge in [-0.1, -0.05) is 47.7 Å². The van der Waals surface area contributed by atoms with Crippen molar-refractivity contribution in [3.05, 3.63) is 52.7 Å². The second-order valence-electron chi connectivity index (χ2n) is 7.11.